The molecule has 102 valence electrons. The molecule has 0 atom stereocenters. The molecule has 1 aromatic heterocycles. The van der Waals surface area contributed by atoms with Gasteiger partial charge in [0.15, 0.2) is 5.69 Å². The summed E-state index contributed by atoms with van der Waals surface area (Å²) < 4.78 is 5.17. The summed E-state index contributed by atoms with van der Waals surface area (Å²) in [7, 11) is 0. The van der Waals surface area contributed by atoms with E-state index in [0.717, 1.165) is 24.1 Å². The largest absolute Gasteiger partial charge is 0.456 e. The lowest BCUT2D eigenvalue weighted by molar-refractivity contribution is 0.0465. The van der Waals surface area contributed by atoms with Crippen molar-refractivity contribution in [3.63, 3.8) is 0 Å². The molecule has 2 aromatic rings. The van der Waals surface area contributed by atoms with Gasteiger partial charge >= 0.3 is 5.97 Å². The Morgan fingerprint density at radius 3 is 2.80 bits per heavy atom. The highest BCUT2D eigenvalue weighted by Gasteiger charge is 2.11. The van der Waals surface area contributed by atoms with Crippen molar-refractivity contribution in [3.05, 3.63) is 52.8 Å². The van der Waals surface area contributed by atoms with Crippen molar-refractivity contribution in [3.8, 4) is 6.07 Å². The average Bonchev–Trinajstić information content (AvgIpc) is 2.94. The van der Waals surface area contributed by atoms with Crippen molar-refractivity contribution in [2.24, 2.45) is 0 Å². The third-order valence-electron chi connectivity index (χ3n) is 2.81. The summed E-state index contributed by atoms with van der Waals surface area (Å²) in [6, 6.07) is 10.7. The van der Waals surface area contributed by atoms with Crippen LogP contribution in [0.25, 0.3) is 0 Å². The van der Waals surface area contributed by atoms with Crippen LogP contribution in [-0.4, -0.2) is 16.2 Å². The first-order valence-electron chi connectivity index (χ1n) is 6.43. The number of esters is 1. The summed E-state index contributed by atoms with van der Waals surface area (Å²) >= 11 is 0. The second-order valence-electron chi connectivity index (χ2n) is 4.41. The molecule has 0 saturated carbocycles. The zero-order chi connectivity index (χ0) is 14.4. The highest BCUT2D eigenvalue weighted by molar-refractivity contribution is 5.87. The summed E-state index contributed by atoms with van der Waals surface area (Å²) in [4.78, 5) is 11.8. The van der Waals surface area contributed by atoms with Crippen LogP contribution in [0.3, 0.4) is 0 Å². The lowest BCUT2D eigenvalue weighted by Crippen LogP contribution is -2.05. The first kappa shape index (κ1) is 13.8. The molecule has 0 aliphatic rings. The van der Waals surface area contributed by atoms with Crippen LogP contribution in [0.1, 0.15) is 40.7 Å². The van der Waals surface area contributed by atoms with E-state index in [1.807, 2.05) is 6.07 Å². The third-order valence-corrected chi connectivity index (χ3v) is 2.81. The minimum Gasteiger partial charge on any atom is -0.456 e. The van der Waals surface area contributed by atoms with E-state index in [4.69, 9.17) is 10.00 Å². The molecule has 0 aliphatic carbocycles. The second-order valence-corrected chi connectivity index (χ2v) is 4.41. The normalized spacial score (nSPS) is 10.0. The Morgan fingerprint density at radius 2 is 2.15 bits per heavy atom. The molecule has 5 nitrogen and oxygen atoms in total. The van der Waals surface area contributed by atoms with Gasteiger partial charge in [0.25, 0.3) is 0 Å². The Morgan fingerprint density at radius 1 is 1.40 bits per heavy atom. The number of aryl methyl sites for hydroxylation is 1. The fraction of sp³-hybridized carbons (Fsp3) is 0.267. The van der Waals surface area contributed by atoms with Crippen LogP contribution in [0.4, 0.5) is 0 Å². The summed E-state index contributed by atoms with van der Waals surface area (Å²) in [5.41, 5.74) is 2.64. The molecule has 1 aromatic carbocycles. The summed E-state index contributed by atoms with van der Waals surface area (Å²) in [5.74, 6) is -0.451. The van der Waals surface area contributed by atoms with Gasteiger partial charge in [0.1, 0.15) is 6.61 Å². The summed E-state index contributed by atoms with van der Waals surface area (Å²) in [5, 5.41) is 15.4. The maximum atomic E-state index is 11.8. The van der Waals surface area contributed by atoms with Gasteiger partial charge in [-0.15, -0.1) is 0 Å². The maximum Gasteiger partial charge on any atom is 0.359 e. The monoisotopic (exact) mass is 269 g/mol. The van der Waals surface area contributed by atoms with Crippen LogP contribution in [0.5, 0.6) is 0 Å². The van der Waals surface area contributed by atoms with Gasteiger partial charge in [-0.2, -0.15) is 10.4 Å². The number of aromatic nitrogens is 2. The van der Waals surface area contributed by atoms with Crippen LogP contribution in [0, 0.1) is 11.3 Å². The van der Waals surface area contributed by atoms with Gasteiger partial charge < -0.3 is 4.74 Å². The van der Waals surface area contributed by atoms with Crippen molar-refractivity contribution in [1.82, 2.24) is 10.2 Å². The number of carbonyl (C=O) groups is 1. The number of hydrogen-bond donors (Lipinski definition) is 1. The van der Waals surface area contributed by atoms with Crippen LogP contribution in [0.2, 0.25) is 0 Å². The number of nitriles is 1. The molecular weight excluding hydrogens is 254 g/mol. The number of nitrogens with zero attached hydrogens (tertiary/aromatic N) is 2. The molecule has 5 heteroatoms. The van der Waals surface area contributed by atoms with Crippen LogP contribution in [0.15, 0.2) is 30.3 Å². The van der Waals surface area contributed by atoms with E-state index in [1.165, 1.54) is 0 Å². The van der Waals surface area contributed by atoms with Crippen LogP contribution < -0.4 is 0 Å². The minimum atomic E-state index is -0.451. The first-order valence-corrected chi connectivity index (χ1v) is 6.43. The molecule has 2 rings (SSSR count). The number of hydrogen-bond acceptors (Lipinski definition) is 4. The highest BCUT2D eigenvalue weighted by atomic mass is 16.5. The topological polar surface area (TPSA) is 78.8 Å². The van der Waals surface area contributed by atoms with Gasteiger partial charge in [0.05, 0.1) is 11.6 Å². The van der Waals surface area contributed by atoms with Crippen molar-refractivity contribution >= 4 is 5.97 Å². The summed E-state index contributed by atoms with van der Waals surface area (Å²) in [6.07, 6.45) is 1.85. The molecule has 20 heavy (non-hydrogen) atoms. The number of aromatic amines is 1. The number of H-pyrrole nitrogens is 1. The van der Waals surface area contributed by atoms with E-state index in [-0.39, 0.29) is 6.61 Å². The fourth-order valence-electron chi connectivity index (χ4n) is 1.76. The number of ether oxygens (including phenoxy) is 1. The SMILES string of the molecule is CCCc1cc(C(=O)OCc2ccc(C#N)cc2)n[nH]1. The molecule has 0 amide bonds. The predicted octanol–water partition coefficient (Wildman–Crippen LogP) is 2.59. The second kappa shape index (κ2) is 6.53. The van der Waals surface area contributed by atoms with Gasteiger partial charge in [-0.3, -0.25) is 5.10 Å². The Balaban J connectivity index is 1.92. The van der Waals surface area contributed by atoms with E-state index in [1.54, 1.807) is 30.3 Å². The zero-order valence-electron chi connectivity index (χ0n) is 11.2. The number of nitrogens with one attached hydrogen (secondary N) is 1. The van der Waals surface area contributed by atoms with E-state index in [2.05, 4.69) is 17.1 Å². The van der Waals surface area contributed by atoms with Gasteiger partial charge in [0, 0.05) is 5.69 Å². The third kappa shape index (κ3) is 3.45. The Bertz CT molecular complexity index is 623. The highest BCUT2D eigenvalue weighted by Crippen LogP contribution is 2.08. The Kier molecular flexibility index (Phi) is 4.51. The molecular formula is C15H15N3O2. The lowest BCUT2D eigenvalue weighted by atomic mass is 10.2. The fourth-order valence-corrected chi connectivity index (χ4v) is 1.76. The van der Waals surface area contributed by atoms with Gasteiger partial charge in [-0.1, -0.05) is 25.5 Å². The Hall–Kier alpha value is -2.61. The van der Waals surface area contributed by atoms with Crippen molar-refractivity contribution in [1.29, 1.82) is 5.26 Å². The lowest BCUT2D eigenvalue weighted by Gasteiger charge is -2.02. The molecule has 1 heterocycles. The predicted molar refractivity (Wildman–Crippen MR) is 72.9 cm³/mol. The zero-order valence-corrected chi connectivity index (χ0v) is 11.2. The Labute approximate surface area is 117 Å². The first-order chi connectivity index (χ1) is 9.72. The number of carbonyl (C=O) groups excluding carboxylic acids is 1. The molecule has 0 radical (unpaired) electrons. The molecule has 1 N–H and O–H groups in total. The molecule has 0 saturated heterocycles. The van der Waals surface area contributed by atoms with E-state index < -0.39 is 5.97 Å². The van der Waals surface area contributed by atoms with E-state index >= 15 is 0 Å². The molecule has 0 fully saturated rings. The molecule has 0 aliphatic heterocycles. The van der Waals surface area contributed by atoms with E-state index in [0.29, 0.717) is 11.3 Å². The quantitative estimate of drug-likeness (QED) is 0.846. The molecule has 0 bridgehead atoms. The van der Waals surface area contributed by atoms with Gasteiger partial charge in [0.2, 0.25) is 0 Å². The number of benzene rings is 1. The minimum absolute atomic E-state index is 0.167. The maximum absolute atomic E-state index is 11.8. The van der Waals surface area contributed by atoms with Gasteiger partial charge in [-0.25, -0.2) is 4.79 Å². The van der Waals surface area contributed by atoms with Crippen molar-refractivity contribution in [2.45, 2.75) is 26.4 Å². The van der Waals surface area contributed by atoms with Crippen molar-refractivity contribution < 1.29 is 9.53 Å². The molecule has 0 unspecified atom stereocenters. The standard InChI is InChI=1S/C15H15N3O2/c1-2-3-13-8-14(18-17-13)15(19)20-10-12-6-4-11(9-16)5-7-12/h4-8H,2-3,10H2,1H3,(H,17,18). The van der Waals surface area contributed by atoms with E-state index in [9.17, 15) is 4.79 Å². The number of rotatable bonds is 5. The van der Waals surface area contributed by atoms with Gasteiger partial charge in [-0.05, 0) is 30.2 Å². The van der Waals surface area contributed by atoms with Crippen LogP contribution >= 0.6 is 0 Å². The van der Waals surface area contributed by atoms with Crippen molar-refractivity contribution in [2.75, 3.05) is 0 Å². The summed E-state index contributed by atoms with van der Waals surface area (Å²) in [6.45, 7) is 2.23. The molecule has 0 spiro atoms. The average molecular weight is 269 g/mol. The van der Waals surface area contributed by atoms with Crippen LogP contribution in [-0.2, 0) is 17.8 Å². The smallest absolute Gasteiger partial charge is 0.359 e.